The van der Waals surface area contributed by atoms with Crippen LogP contribution in [0.5, 0.6) is 5.88 Å². The molecule has 4 rings (SSSR count). The number of nitrogens with one attached hydrogen (secondary N) is 1. The van der Waals surface area contributed by atoms with Crippen LogP contribution < -0.4 is 10.1 Å². The Morgan fingerprint density at radius 2 is 1.71 bits per heavy atom. The molecule has 3 aromatic rings. The van der Waals surface area contributed by atoms with Crippen molar-refractivity contribution in [2.75, 3.05) is 25.5 Å². The zero-order valence-electron chi connectivity index (χ0n) is 23.9. The summed E-state index contributed by atoms with van der Waals surface area (Å²) in [6.45, 7) is 15.0. The van der Waals surface area contributed by atoms with Crippen LogP contribution in [0.3, 0.4) is 0 Å². The number of fused-ring (bicyclic) bond motifs is 1. The van der Waals surface area contributed by atoms with Crippen molar-refractivity contribution in [3.8, 4) is 5.88 Å². The van der Waals surface area contributed by atoms with E-state index in [0.717, 1.165) is 42.4 Å². The topological polar surface area (TPSA) is 63.2 Å². The molecule has 8 heteroatoms. The van der Waals surface area contributed by atoms with Gasteiger partial charge in [-0.3, -0.25) is 0 Å². The molecular formula is C30H41F2N5O. The van der Waals surface area contributed by atoms with Crippen LogP contribution in [0.25, 0.3) is 11.0 Å². The number of hydrogen-bond donors (Lipinski definition) is 1. The van der Waals surface area contributed by atoms with Crippen molar-refractivity contribution < 1.29 is 13.5 Å². The smallest absolute Gasteiger partial charge is 0.277 e. The monoisotopic (exact) mass is 525 g/mol. The highest BCUT2D eigenvalue weighted by molar-refractivity contribution is 5.88. The molecule has 0 amide bonds. The number of aryl methyl sites for hydroxylation is 1. The van der Waals surface area contributed by atoms with Gasteiger partial charge in [-0.25, -0.2) is 18.7 Å². The van der Waals surface area contributed by atoms with E-state index in [9.17, 15) is 0 Å². The third kappa shape index (κ3) is 5.60. The number of aromatic nitrogens is 3. The van der Waals surface area contributed by atoms with Crippen molar-refractivity contribution in [2.45, 2.75) is 85.2 Å². The van der Waals surface area contributed by atoms with Crippen LogP contribution in [0, 0.1) is 12.3 Å². The second-order valence-electron chi connectivity index (χ2n) is 11.8. The lowest BCUT2D eigenvalue weighted by Crippen LogP contribution is -2.37. The van der Waals surface area contributed by atoms with E-state index in [-0.39, 0.29) is 11.6 Å². The van der Waals surface area contributed by atoms with Crippen molar-refractivity contribution in [2.24, 2.45) is 5.41 Å². The van der Waals surface area contributed by atoms with E-state index < -0.39 is 11.3 Å². The Balaban J connectivity index is 1.68. The van der Waals surface area contributed by atoms with Crippen molar-refractivity contribution in [1.29, 1.82) is 0 Å². The summed E-state index contributed by atoms with van der Waals surface area (Å²) in [5, 5.41) is 4.27. The Morgan fingerprint density at radius 3 is 2.32 bits per heavy atom. The van der Waals surface area contributed by atoms with Gasteiger partial charge in [0.05, 0.1) is 12.5 Å². The molecule has 1 saturated heterocycles. The maximum absolute atomic E-state index is 15.1. The normalized spacial score (nSPS) is 16.7. The van der Waals surface area contributed by atoms with Crippen LogP contribution in [-0.4, -0.2) is 46.1 Å². The number of benzene rings is 1. The Labute approximate surface area is 225 Å². The van der Waals surface area contributed by atoms with E-state index >= 15 is 8.78 Å². The number of alkyl halides is 2. The second-order valence-corrected chi connectivity index (χ2v) is 11.8. The molecule has 3 heterocycles. The third-order valence-electron chi connectivity index (χ3n) is 7.73. The number of ether oxygens (including phenoxy) is 1. The summed E-state index contributed by atoms with van der Waals surface area (Å²) in [6.07, 6.45) is 2.06. The van der Waals surface area contributed by atoms with Gasteiger partial charge < -0.3 is 15.0 Å². The molecule has 0 saturated carbocycles. The number of pyridine rings is 1. The van der Waals surface area contributed by atoms with Gasteiger partial charge >= 0.3 is 0 Å². The van der Waals surface area contributed by atoms with Gasteiger partial charge in [0.1, 0.15) is 11.6 Å². The highest BCUT2D eigenvalue weighted by Gasteiger charge is 2.44. The van der Waals surface area contributed by atoms with E-state index in [1.54, 1.807) is 40.0 Å². The molecule has 1 aromatic carbocycles. The molecule has 38 heavy (non-hydrogen) atoms. The minimum absolute atomic E-state index is 0.0151. The molecule has 1 aliphatic rings. The molecule has 6 nitrogen and oxygen atoms in total. The highest BCUT2D eigenvalue weighted by atomic mass is 19.3. The van der Waals surface area contributed by atoms with E-state index in [4.69, 9.17) is 14.7 Å². The lowest BCUT2D eigenvalue weighted by molar-refractivity contribution is -0.104. The molecule has 0 aliphatic carbocycles. The van der Waals surface area contributed by atoms with Crippen molar-refractivity contribution in [3.05, 3.63) is 52.8 Å². The van der Waals surface area contributed by atoms with Gasteiger partial charge in [0.2, 0.25) is 5.88 Å². The molecule has 206 valence electrons. The van der Waals surface area contributed by atoms with E-state index in [1.165, 1.54) is 6.07 Å². The number of likely N-dealkylation sites (tertiary alicyclic amines) is 1. The van der Waals surface area contributed by atoms with Crippen LogP contribution in [0.15, 0.2) is 30.3 Å². The maximum Gasteiger partial charge on any atom is 0.277 e. The molecule has 0 radical (unpaired) electrons. The predicted octanol–water partition coefficient (Wildman–Crippen LogP) is 7.24. The average molecular weight is 526 g/mol. The van der Waals surface area contributed by atoms with Gasteiger partial charge in [-0.05, 0) is 77.2 Å². The van der Waals surface area contributed by atoms with Gasteiger partial charge in [-0.15, -0.1) is 0 Å². The molecule has 1 atom stereocenters. The summed E-state index contributed by atoms with van der Waals surface area (Å²) < 4.78 is 35.9. The first-order valence-corrected chi connectivity index (χ1v) is 13.5. The summed E-state index contributed by atoms with van der Waals surface area (Å²) >= 11 is 0. The van der Waals surface area contributed by atoms with E-state index in [1.807, 2.05) is 19.9 Å². The van der Waals surface area contributed by atoms with Crippen LogP contribution in [0.4, 0.5) is 14.6 Å². The molecule has 1 N–H and O–H groups in total. The summed E-state index contributed by atoms with van der Waals surface area (Å²) in [7, 11) is 1.65. The summed E-state index contributed by atoms with van der Waals surface area (Å²) in [5.74, 6) is -0.798. The van der Waals surface area contributed by atoms with Crippen LogP contribution in [0.1, 0.15) is 88.9 Å². The Kier molecular flexibility index (Phi) is 7.94. The van der Waals surface area contributed by atoms with Crippen molar-refractivity contribution >= 4 is 16.9 Å². The third-order valence-corrected chi connectivity index (χ3v) is 7.73. The van der Waals surface area contributed by atoms with Gasteiger partial charge in [0.25, 0.3) is 5.92 Å². The fraction of sp³-hybridized carbons (Fsp3) is 0.567. The number of anilines is 1. The number of rotatable bonds is 7. The fourth-order valence-electron chi connectivity index (χ4n) is 5.18. The van der Waals surface area contributed by atoms with Crippen molar-refractivity contribution in [3.63, 3.8) is 0 Å². The first kappa shape index (κ1) is 28.1. The molecule has 0 bridgehead atoms. The zero-order valence-corrected chi connectivity index (χ0v) is 23.9. The van der Waals surface area contributed by atoms with E-state index in [0.29, 0.717) is 35.1 Å². The zero-order chi connectivity index (χ0) is 27.8. The van der Waals surface area contributed by atoms with Crippen LogP contribution in [0.2, 0.25) is 0 Å². The van der Waals surface area contributed by atoms with Crippen molar-refractivity contribution in [1.82, 2.24) is 19.9 Å². The largest absolute Gasteiger partial charge is 0.481 e. The average Bonchev–Trinajstić information content (AvgIpc) is 2.87. The molecule has 2 aromatic heterocycles. The van der Waals surface area contributed by atoms with Crippen LogP contribution in [-0.2, 0) is 5.92 Å². The number of halogens is 2. The molecule has 1 fully saturated rings. The maximum atomic E-state index is 15.1. The minimum atomic E-state index is -2.96. The Hall–Kier alpha value is -2.87. The van der Waals surface area contributed by atoms with Gasteiger partial charge in [-0.1, -0.05) is 39.0 Å². The van der Waals surface area contributed by atoms with Gasteiger partial charge in [0.15, 0.2) is 5.65 Å². The standard InChI is InChI=1S/C30H41F2N5O/c1-18(2)37-14-12-21(13-15-37)24-17-25-26(34-20(4)35-27(25)36-28(24)38-8)33-19(3)22-10-9-11-23(16-22)30(31,32)29(5,6)7/h9-11,16-19,21H,12-15H2,1-8H3,(H,33,34,35,36)/t19-/m1/s1. The minimum Gasteiger partial charge on any atom is -0.481 e. The highest BCUT2D eigenvalue weighted by Crippen LogP contribution is 2.45. The lowest BCUT2D eigenvalue weighted by atomic mass is 9.83. The van der Waals surface area contributed by atoms with E-state index in [2.05, 4.69) is 35.1 Å². The SMILES string of the molecule is COc1nc2nc(C)nc(N[C@H](C)c3cccc(C(F)(F)C(C)(C)C)c3)c2cc1C1CCN(C(C)C)CC1. The molecule has 0 unspecified atom stereocenters. The second kappa shape index (κ2) is 10.7. The number of nitrogens with zero attached hydrogens (tertiary/aromatic N) is 4. The number of hydrogen-bond acceptors (Lipinski definition) is 6. The Morgan fingerprint density at radius 1 is 1.03 bits per heavy atom. The molecule has 0 spiro atoms. The fourth-order valence-corrected chi connectivity index (χ4v) is 5.18. The number of methoxy groups -OCH3 is 1. The Bertz CT molecular complexity index is 1280. The molecule has 1 aliphatic heterocycles. The summed E-state index contributed by atoms with van der Waals surface area (Å²) in [5.41, 5.74) is 1.22. The quantitative estimate of drug-likeness (QED) is 0.351. The van der Waals surface area contributed by atoms with Gasteiger partial charge in [-0.2, -0.15) is 4.98 Å². The summed E-state index contributed by atoms with van der Waals surface area (Å²) in [4.78, 5) is 16.5. The van der Waals surface area contributed by atoms with Crippen LogP contribution >= 0.6 is 0 Å². The predicted molar refractivity (Wildman–Crippen MR) is 149 cm³/mol. The van der Waals surface area contributed by atoms with Gasteiger partial charge in [0, 0.05) is 28.6 Å². The first-order valence-electron chi connectivity index (χ1n) is 13.5. The number of piperidine rings is 1. The first-order chi connectivity index (χ1) is 17.8. The molecular weight excluding hydrogens is 484 g/mol. The lowest BCUT2D eigenvalue weighted by Gasteiger charge is -2.35. The summed E-state index contributed by atoms with van der Waals surface area (Å²) in [6, 6.07) is 9.03.